The van der Waals surface area contributed by atoms with Crippen molar-refractivity contribution in [3.63, 3.8) is 0 Å². The van der Waals surface area contributed by atoms with Gasteiger partial charge in [0.25, 0.3) is 0 Å². The second-order valence-electron chi connectivity index (χ2n) is 5.71. The molecule has 2 aromatic rings. The number of rotatable bonds is 4. The van der Waals surface area contributed by atoms with E-state index >= 15 is 0 Å². The highest BCUT2D eigenvalue weighted by molar-refractivity contribution is 5.98. The minimum atomic E-state index is 0.0245. The van der Waals surface area contributed by atoms with Crippen LogP contribution in [0, 0.1) is 34.6 Å². The number of hydrogen-bond donors (Lipinski definition) is 0. The van der Waals surface area contributed by atoms with Gasteiger partial charge in [-0.2, -0.15) is 0 Å². The Hall–Kier alpha value is -2.03. The zero-order valence-corrected chi connectivity index (χ0v) is 13.7. The maximum absolute atomic E-state index is 12.4. The quantitative estimate of drug-likeness (QED) is 0.799. The molecule has 112 valence electrons. The van der Waals surface area contributed by atoms with E-state index in [4.69, 9.17) is 4.74 Å². The molecule has 0 N–H and O–H groups in total. The third kappa shape index (κ3) is 2.87. The number of ether oxygens (including phenoxy) is 1. The monoisotopic (exact) mass is 285 g/mol. The number of aryl methyl sites for hydroxylation is 3. The molecule has 0 unspecified atom stereocenters. The van der Waals surface area contributed by atoms with Gasteiger partial charge in [-0.3, -0.25) is 4.79 Å². The average molecular weight is 285 g/mol. The van der Waals surface area contributed by atoms with Crippen LogP contribution in [0.15, 0.2) is 18.2 Å². The molecule has 1 aromatic carbocycles. The lowest BCUT2D eigenvalue weighted by atomic mass is 10.1. The maximum atomic E-state index is 12.4. The van der Waals surface area contributed by atoms with Gasteiger partial charge in [-0.05, 0) is 57.4 Å². The first-order valence-corrected chi connectivity index (χ1v) is 7.18. The van der Waals surface area contributed by atoms with Gasteiger partial charge >= 0.3 is 0 Å². The average Bonchev–Trinajstić information content (AvgIpc) is 2.70. The van der Waals surface area contributed by atoms with Crippen molar-refractivity contribution in [1.82, 2.24) is 4.57 Å². The van der Waals surface area contributed by atoms with E-state index in [1.807, 2.05) is 58.4 Å². The van der Waals surface area contributed by atoms with Gasteiger partial charge in [-0.25, -0.2) is 0 Å². The van der Waals surface area contributed by atoms with Crippen molar-refractivity contribution in [2.24, 2.45) is 7.05 Å². The van der Waals surface area contributed by atoms with Crippen molar-refractivity contribution in [3.8, 4) is 5.75 Å². The fourth-order valence-corrected chi connectivity index (χ4v) is 2.50. The van der Waals surface area contributed by atoms with Crippen molar-refractivity contribution < 1.29 is 9.53 Å². The van der Waals surface area contributed by atoms with Crippen LogP contribution in [-0.2, 0) is 7.05 Å². The number of ketones is 1. The van der Waals surface area contributed by atoms with Crippen LogP contribution >= 0.6 is 0 Å². The van der Waals surface area contributed by atoms with Gasteiger partial charge in [-0.15, -0.1) is 0 Å². The summed E-state index contributed by atoms with van der Waals surface area (Å²) in [5, 5.41) is 0. The molecule has 0 radical (unpaired) electrons. The van der Waals surface area contributed by atoms with Gasteiger partial charge in [0.2, 0.25) is 5.78 Å². The molecule has 0 saturated heterocycles. The molecule has 0 atom stereocenters. The van der Waals surface area contributed by atoms with Crippen LogP contribution in [0.4, 0.5) is 0 Å². The molecular formula is C18H23NO2. The number of carbonyl (C=O) groups excluding carboxylic acids is 1. The highest BCUT2D eigenvalue weighted by Gasteiger charge is 2.16. The zero-order valence-electron chi connectivity index (χ0n) is 13.7. The number of aromatic nitrogens is 1. The van der Waals surface area contributed by atoms with E-state index in [1.165, 1.54) is 5.56 Å². The number of Topliss-reactive ketones (excluding diaryl/α,β-unsaturated/α-hetero) is 1. The smallest absolute Gasteiger partial charge is 0.202 e. The molecule has 2 rings (SSSR count). The molecule has 0 fully saturated rings. The van der Waals surface area contributed by atoms with Gasteiger partial charge in [0, 0.05) is 24.0 Å². The van der Waals surface area contributed by atoms with Gasteiger partial charge in [0.05, 0.1) is 0 Å². The lowest BCUT2D eigenvalue weighted by molar-refractivity contribution is 0.0920. The molecule has 0 amide bonds. The minimum absolute atomic E-state index is 0.0245. The first-order chi connectivity index (χ1) is 9.82. The molecule has 0 aliphatic heterocycles. The normalized spacial score (nSPS) is 10.8. The summed E-state index contributed by atoms with van der Waals surface area (Å²) in [7, 11) is 1.97. The topological polar surface area (TPSA) is 31.2 Å². The second-order valence-corrected chi connectivity index (χ2v) is 5.71. The van der Waals surface area contributed by atoms with Crippen LogP contribution in [0.1, 0.15) is 38.4 Å². The Kier molecular flexibility index (Phi) is 4.21. The Labute approximate surface area is 126 Å². The first kappa shape index (κ1) is 15.4. The van der Waals surface area contributed by atoms with Crippen molar-refractivity contribution >= 4 is 5.78 Å². The molecule has 3 nitrogen and oxygen atoms in total. The summed E-state index contributed by atoms with van der Waals surface area (Å²) in [6.45, 7) is 10.1. The van der Waals surface area contributed by atoms with E-state index in [0.29, 0.717) is 0 Å². The van der Waals surface area contributed by atoms with Crippen LogP contribution in [0.2, 0.25) is 0 Å². The van der Waals surface area contributed by atoms with E-state index in [0.717, 1.165) is 33.8 Å². The lowest BCUT2D eigenvalue weighted by Gasteiger charge is -2.13. The van der Waals surface area contributed by atoms with E-state index in [-0.39, 0.29) is 12.4 Å². The van der Waals surface area contributed by atoms with Gasteiger partial charge in [0.15, 0.2) is 6.61 Å². The van der Waals surface area contributed by atoms with E-state index in [9.17, 15) is 4.79 Å². The second kappa shape index (κ2) is 5.76. The molecule has 0 saturated carbocycles. The predicted octanol–water partition coefficient (Wildman–Crippen LogP) is 3.83. The fourth-order valence-electron chi connectivity index (χ4n) is 2.50. The van der Waals surface area contributed by atoms with Gasteiger partial charge in [-0.1, -0.05) is 12.1 Å². The van der Waals surface area contributed by atoms with Crippen molar-refractivity contribution in [2.45, 2.75) is 34.6 Å². The third-order valence-electron chi connectivity index (χ3n) is 4.30. The summed E-state index contributed by atoms with van der Waals surface area (Å²) in [4.78, 5) is 12.4. The molecule has 1 aromatic heterocycles. The lowest BCUT2D eigenvalue weighted by Crippen LogP contribution is -2.13. The van der Waals surface area contributed by atoms with Gasteiger partial charge < -0.3 is 9.30 Å². The molecule has 21 heavy (non-hydrogen) atoms. The summed E-state index contributed by atoms with van der Waals surface area (Å²) in [6.07, 6.45) is 0. The maximum Gasteiger partial charge on any atom is 0.202 e. The number of hydrogen-bond acceptors (Lipinski definition) is 2. The fraction of sp³-hybridized carbons (Fsp3) is 0.389. The standard InChI is InChI=1S/C18H23NO2/c1-11-7-8-12(2)18(14(11)4)21-10-17(20)16-9-13(3)19(6)15(16)5/h7-9H,10H2,1-6H3. The largest absolute Gasteiger partial charge is 0.485 e. The molecular weight excluding hydrogens is 262 g/mol. The van der Waals surface area contributed by atoms with Crippen LogP contribution in [0.3, 0.4) is 0 Å². The molecule has 0 aliphatic rings. The molecule has 0 aliphatic carbocycles. The van der Waals surface area contributed by atoms with E-state index in [1.54, 1.807) is 0 Å². The first-order valence-electron chi connectivity index (χ1n) is 7.18. The van der Waals surface area contributed by atoms with Crippen molar-refractivity contribution in [2.75, 3.05) is 6.61 Å². The van der Waals surface area contributed by atoms with Crippen molar-refractivity contribution in [1.29, 1.82) is 0 Å². The Morgan fingerprint density at radius 3 is 2.29 bits per heavy atom. The summed E-state index contributed by atoms with van der Waals surface area (Å²) < 4.78 is 7.83. The van der Waals surface area contributed by atoms with Crippen LogP contribution < -0.4 is 4.74 Å². The minimum Gasteiger partial charge on any atom is -0.485 e. The van der Waals surface area contributed by atoms with Crippen molar-refractivity contribution in [3.05, 3.63) is 51.8 Å². The molecule has 0 spiro atoms. The molecule has 3 heteroatoms. The molecule has 1 heterocycles. The Balaban J connectivity index is 2.19. The van der Waals surface area contributed by atoms with Crippen LogP contribution in [0.25, 0.3) is 0 Å². The summed E-state index contributed by atoms with van der Waals surface area (Å²) in [5.74, 6) is 0.852. The Bertz CT molecular complexity index is 696. The summed E-state index contributed by atoms with van der Waals surface area (Å²) >= 11 is 0. The van der Waals surface area contributed by atoms with Crippen LogP contribution in [-0.4, -0.2) is 17.0 Å². The van der Waals surface area contributed by atoms with Gasteiger partial charge in [0.1, 0.15) is 5.75 Å². The highest BCUT2D eigenvalue weighted by Crippen LogP contribution is 2.26. The SMILES string of the molecule is Cc1ccc(C)c(OCC(=O)c2cc(C)n(C)c2C)c1C. The Morgan fingerprint density at radius 2 is 1.71 bits per heavy atom. The summed E-state index contributed by atoms with van der Waals surface area (Å²) in [5.41, 5.74) is 6.15. The Morgan fingerprint density at radius 1 is 1.10 bits per heavy atom. The number of benzene rings is 1. The zero-order chi connectivity index (χ0) is 15.7. The van der Waals surface area contributed by atoms with E-state index in [2.05, 4.69) is 6.07 Å². The van der Waals surface area contributed by atoms with E-state index < -0.39 is 0 Å². The third-order valence-corrected chi connectivity index (χ3v) is 4.30. The number of nitrogens with zero attached hydrogens (tertiary/aromatic N) is 1. The predicted molar refractivity (Wildman–Crippen MR) is 85.4 cm³/mol. The summed E-state index contributed by atoms with van der Waals surface area (Å²) in [6, 6.07) is 6.03. The highest BCUT2D eigenvalue weighted by atomic mass is 16.5. The van der Waals surface area contributed by atoms with Crippen LogP contribution in [0.5, 0.6) is 5.75 Å². The molecule has 0 bridgehead atoms. The number of carbonyl (C=O) groups is 1.